The van der Waals surface area contributed by atoms with Crippen molar-refractivity contribution in [1.29, 1.82) is 0 Å². The summed E-state index contributed by atoms with van der Waals surface area (Å²) in [6.07, 6.45) is 9.09. The SMILES string of the molecule is C=C(/C=C/C(=C/C=C1/N(CCCP(=O)(O)O)c2ccccc2C1(C)C)c1ccc(CCC(=O)O)cc1)C(C)(C)c1ccccc1C. The van der Waals surface area contributed by atoms with Gasteiger partial charge in [0.05, 0.1) is 6.16 Å². The highest BCUT2D eigenvalue weighted by atomic mass is 31.2. The van der Waals surface area contributed by atoms with Crippen LogP contribution in [0.5, 0.6) is 0 Å². The van der Waals surface area contributed by atoms with Crippen molar-refractivity contribution in [1.82, 2.24) is 0 Å². The number of rotatable bonds is 13. The molecule has 3 aromatic carbocycles. The minimum Gasteiger partial charge on any atom is -0.481 e. The molecule has 1 heterocycles. The van der Waals surface area contributed by atoms with Crippen LogP contribution in [0.25, 0.3) is 5.57 Å². The predicted octanol–water partition coefficient (Wildman–Crippen LogP) is 8.74. The number of carboxylic acids is 1. The normalized spacial score (nSPS) is 15.8. The van der Waals surface area contributed by atoms with Crippen molar-refractivity contribution in [3.05, 3.63) is 143 Å². The lowest BCUT2D eigenvalue weighted by atomic mass is 9.76. The first-order chi connectivity index (χ1) is 21.6. The number of hydrogen-bond donors (Lipinski definition) is 3. The zero-order valence-corrected chi connectivity index (χ0v) is 28.4. The smallest absolute Gasteiger partial charge is 0.325 e. The number of benzene rings is 3. The van der Waals surface area contributed by atoms with Crippen LogP contribution in [0.2, 0.25) is 0 Å². The average Bonchev–Trinajstić information content (AvgIpc) is 3.21. The fraction of sp³-hybridized carbons (Fsp3) is 0.308. The number of hydrogen-bond acceptors (Lipinski definition) is 3. The van der Waals surface area contributed by atoms with E-state index < -0.39 is 13.6 Å². The summed E-state index contributed by atoms with van der Waals surface area (Å²) in [5.41, 5.74) is 8.92. The second kappa shape index (κ2) is 14.2. The van der Waals surface area contributed by atoms with Crippen LogP contribution in [0, 0.1) is 6.92 Å². The molecule has 0 spiro atoms. The molecule has 4 rings (SSSR count). The van der Waals surface area contributed by atoms with E-state index in [9.17, 15) is 19.1 Å². The molecule has 0 unspecified atom stereocenters. The highest BCUT2D eigenvalue weighted by molar-refractivity contribution is 7.51. The van der Waals surface area contributed by atoms with Crippen LogP contribution in [0.15, 0.2) is 115 Å². The molecule has 0 saturated carbocycles. The highest BCUT2D eigenvalue weighted by Gasteiger charge is 2.39. The number of allylic oxidation sites excluding steroid dienone is 7. The van der Waals surface area contributed by atoms with Gasteiger partial charge in [0.2, 0.25) is 0 Å². The molecule has 46 heavy (non-hydrogen) atoms. The van der Waals surface area contributed by atoms with Crippen LogP contribution in [0.4, 0.5) is 5.69 Å². The van der Waals surface area contributed by atoms with E-state index in [-0.39, 0.29) is 23.4 Å². The van der Waals surface area contributed by atoms with Gasteiger partial charge in [-0.2, -0.15) is 0 Å². The zero-order chi connectivity index (χ0) is 33.7. The van der Waals surface area contributed by atoms with Crippen molar-refractivity contribution in [2.75, 3.05) is 17.6 Å². The van der Waals surface area contributed by atoms with E-state index in [1.807, 2.05) is 42.5 Å². The summed E-state index contributed by atoms with van der Waals surface area (Å²) in [4.78, 5) is 32.3. The molecule has 0 radical (unpaired) electrons. The summed E-state index contributed by atoms with van der Waals surface area (Å²) in [6, 6.07) is 24.5. The molecule has 3 aromatic rings. The quantitative estimate of drug-likeness (QED) is 0.128. The molecule has 0 saturated heterocycles. The number of para-hydroxylation sites is 1. The number of anilines is 1. The number of nitrogens with zero attached hydrogens (tertiary/aromatic N) is 1. The first kappa shape index (κ1) is 34.9. The van der Waals surface area contributed by atoms with E-state index in [4.69, 9.17) is 5.11 Å². The first-order valence-corrected chi connectivity index (χ1v) is 17.5. The largest absolute Gasteiger partial charge is 0.481 e. The Labute approximate surface area is 273 Å². The van der Waals surface area contributed by atoms with E-state index in [0.717, 1.165) is 33.7 Å². The van der Waals surface area contributed by atoms with Gasteiger partial charge in [0, 0.05) is 35.2 Å². The Morgan fingerprint density at radius 1 is 0.978 bits per heavy atom. The molecule has 0 amide bonds. The maximum atomic E-state index is 11.6. The fourth-order valence-electron chi connectivity index (χ4n) is 6.19. The molecule has 0 bridgehead atoms. The zero-order valence-electron chi connectivity index (χ0n) is 27.5. The van der Waals surface area contributed by atoms with Crippen molar-refractivity contribution in [3.8, 4) is 0 Å². The molecule has 0 aromatic heterocycles. The standard InChI is InChI=1S/C39H46NO5P/c1-28-12-7-8-13-33(28)38(3,4)29(2)16-20-31(32-21-17-30(18-22-32)19-25-37(41)42)23-24-36-39(5,6)34-14-9-10-15-35(34)40(36)26-11-27-46(43,44)45/h7-10,12-18,20-24H,2,11,19,25-27H2,1,3-6H3,(H,41,42)(H2,43,44,45)/b20-16+,31-23-,36-24+. The third-order valence-corrected chi connectivity index (χ3v) is 9.95. The van der Waals surface area contributed by atoms with Gasteiger partial charge in [-0.05, 0) is 70.9 Å². The van der Waals surface area contributed by atoms with Crippen molar-refractivity contribution in [2.45, 2.75) is 64.7 Å². The second-order valence-corrected chi connectivity index (χ2v) is 14.9. The average molecular weight is 640 g/mol. The Hall–Kier alpha value is -3.96. The lowest BCUT2D eigenvalue weighted by Crippen LogP contribution is -2.27. The molecule has 3 N–H and O–H groups in total. The van der Waals surface area contributed by atoms with Crippen LogP contribution < -0.4 is 4.90 Å². The number of aliphatic carboxylic acids is 1. The Morgan fingerprint density at radius 3 is 2.28 bits per heavy atom. The lowest BCUT2D eigenvalue weighted by molar-refractivity contribution is -0.136. The Balaban J connectivity index is 1.76. The molecule has 0 aliphatic carbocycles. The summed E-state index contributed by atoms with van der Waals surface area (Å²) in [5, 5.41) is 9.13. The number of fused-ring (bicyclic) bond motifs is 1. The fourth-order valence-corrected chi connectivity index (χ4v) is 6.75. The van der Waals surface area contributed by atoms with Crippen LogP contribution in [0.1, 0.15) is 68.4 Å². The first-order valence-electron chi connectivity index (χ1n) is 15.7. The van der Waals surface area contributed by atoms with Crippen LogP contribution in [0.3, 0.4) is 0 Å². The molecule has 1 aliphatic heterocycles. The van der Waals surface area contributed by atoms with E-state index in [2.05, 4.69) is 101 Å². The maximum Gasteiger partial charge on any atom is 0.325 e. The van der Waals surface area contributed by atoms with Crippen LogP contribution >= 0.6 is 7.60 Å². The summed E-state index contributed by atoms with van der Waals surface area (Å²) >= 11 is 0. The van der Waals surface area contributed by atoms with Gasteiger partial charge < -0.3 is 19.8 Å². The lowest BCUT2D eigenvalue weighted by Gasteiger charge is -2.28. The van der Waals surface area contributed by atoms with Gasteiger partial charge in [0.15, 0.2) is 0 Å². The second-order valence-electron chi connectivity index (χ2n) is 13.1. The van der Waals surface area contributed by atoms with Crippen molar-refractivity contribution < 1.29 is 24.3 Å². The molecule has 1 aliphatic rings. The van der Waals surface area contributed by atoms with E-state index in [0.29, 0.717) is 19.4 Å². The third-order valence-electron chi connectivity index (χ3n) is 9.05. The van der Waals surface area contributed by atoms with Crippen LogP contribution in [-0.2, 0) is 26.6 Å². The summed E-state index contributed by atoms with van der Waals surface area (Å²) in [6.45, 7) is 15.8. The van der Waals surface area contributed by atoms with E-state index in [1.54, 1.807) is 0 Å². The summed E-state index contributed by atoms with van der Waals surface area (Å²) < 4.78 is 11.6. The van der Waals surface area contributed by atoms with Gasteiger partial charge in [-0.15, -0.1) is 0 Å². The van der Waals surface area contributed by atoms with Gasteiger partial charge in [0.1, 0.15) is 0 Å². The molecular formula is C39H46NO5P. The predicted molar refractivity (Wildman–Crippen MR) is 189 cm³/mol. The minimum absolute atomic E-state index is 0.0787. The van der Waals surface area contributed by atoms with Crippen LogP contribution in [-0.4, -0.2) is 33.6 Å². The topological polar surface area (TPSA) is 98.1 Å². The van der Waals surface area contributed by atoms with E-state index in [1.165, 1.54) is 16.7 Å². The summed E-state index contributed by atoms with van der Waals surface area (Å²) in [7, 11) is -4.11. The summed E-state index contributed by atoms with van der Waals surface area (Å²) in [5.74, 6) is -0.820. The highest BCUT2D eigenvalue weighted by Crippen LogP contribution is 2.48. The number of aryl methyl sites for hydroxylation is 2. The van der Waals surface area contributed by atoms with Crippen molar-refractivity contribution >= 4 is 24.8 Å². The number of carboxylic acid groups (broad SMARTS) is 1. The van der Waals surface area contributed by atoms with E-state index >= 15 is 0 Å². The number of carbonyl (C=O) groups is 1. The molecule has 242 valence electrons. The molecular weight excluding hydrogens is 593 g/mol. The molecule has 6 nitrogen and oxygen atoms in total. The maximum absolute atomic E-state index is 11.6. The van der Waals surface area contributed by atoms with Crippen molar-refractivity contribution in [3.63, 3.8) is 0 Å². The monoisotopic (exact) mass is 639 g/mol. The van der Waals surface area contributed by atoms with Gasteiger partial charge in [-0.25, -0.2) is 0 Å². The third kappa shape index (κ3) is 8.24. The Kier molecular flexibility index (Phi) is 10.8. The minimum atomic E-state index is -4.11. The molecule has 0 fully saturated rings. The molecule has 0 atom stereocenters. The van der Waals surface area contributed by atoms with Gasteiger partial charge in [-0.1, -0.05) is 119 Å². The van der Waals surface area contributed by atoms with Gasteiger partial charge in [0.25, 0.3) is 0 Å². The Morgan fingerprint density at radius 2 is 1.63 bits per heavy atom. The van der Waals surface area contributed by atoms with Crippen molar-refractivity contribution in [2.24, 2.45) is 0 Å². The Bertz CT molecular complexity index is 1720. The van der Waals surface area contributed by atoms with Gasteiger partial charge in [-0.3, -0.25) is 9.36 Å². The molecule has 7 heteroatoms. The van der Waals surface area contributed by atoms with Gasteiger partial charge >= 0.3 is 13.6 Å².